The molecule has 15 heavy (non-hydrogen) atoms. The summed E-state index contributed by atoms with van der Waals surface area (Å²) in [6, 6.07) is 0.782. The molecule has 86 valence electrons. The first-order valence-electron chi connectivity index (χ1n) is 6.36. The van der Waals surface area contributed by atoms with Crippen molar-refractivity contribution in [2.45, 2.75) is 49.8 Å². The van der Waals surface area contributed by atoms with Crippen LogP contribution in [0, 0.1) is 5.92 Å². The second kappa shape index (κ2) is 5.95. The molecule has 2 atom stereocenters. The van der Waals surface area contributed by atoms with Crippen LogP contribution >= 0.6 is 11.8 Å². The van der Waals surface area contributed by atoms with Crippen molar-refractivity contribution >= 4 is 11.8 Å². The second-order valence-corrected chi connectivity index (χ2v) is 6.26. The zero-order valence-corrected chi connectivity index (χ0v) is 10.4. The lowest BCUT2D eigenvalue weighted by molar-refractivity contribution is 0.436. The molecule has 0 amide bonds. The topological polar surface area (TPSA) is 12.0 Å². The van der Waals surface area contributed by atoms with Crippen LogP contribution in [0.15, 0.2) is 12.7 Å². The summed E-state index contributed by atoms with van der Waals surface area (Å²) in [5, 5.41) is 4.69. The molecule has 2 unspecified atom stereocenters. The summed E-state index contributed by atoms with van der Waals surface area (Å²) in [6.07, 6.45) is 10.3. The quantitative estimate of drug-likeness (QED) is 0.668. The highest BCUT2D eigenvalue weighted by molar-refractivity contribution is 8.00. The minimum Gasteiger partial charge on any atom is -0.313 e. The lowest BCUT2D eigenvalue weighted by atomic mass is 10.1. The van der Waals surface area contributed by atoms with E-state index in [9.17, 15) is 0 Å². The van der Waals surface area contributed by atoms with E-state index in [1.165, 1.54) is 50.8 Å². The minimum absolute atomic E-state index is 0.782. The van der Waals surface area contributed by atoms with Crippen molar-refractivity contribution in [1.82, 2.24) is 5.32 Å². The zero-order chi connectivity index (χ0) is 10.5. The van der Waals surface area contributed by atoms with E-state index in [2.05, 4.69) is 29.7 Å². The smallest absolute Gasteiger partial charge is 0.0172 e. The Morgan fingerprint density at radius 3 is 2.87 bits per heavy atom. The molecule has 1 aliphatic heterocycles. The fourth-order valence-corrected chi connectivity index (χ4v) is 3.60. The first-order valence-corrected chi connectivity index (χ1v) is 7.41. The van der Waals surface area contributed by atoms with Crippen LogP contribution < -0.4 is 5.32 Å². The van der Waals surface area contributed by atoms with Gasteiger partial charge in [-0.3, -0.25) is 0 Å². The van der Waals surface area contributed by atoms with E-state index in [0.29, 0.717) is 0 Å². The first-order chi connectivity index (χ1) is 7.40. The summed E-state index contributed by atoms with van der Waals surface area (Å²) in [5.41, 5.74) is 0. The van der Waals surface area contributed by atoms with E-state index in [0.717, 1.165) is 17.2 Å². The fraction of sp³-hybridized carbons (Fsp3) is 0.846. The van der Waals surface area contributed by atoms with Crippen LogP contribution in [-0.2, 0) is 0 Å². The molecular formula is C13H23NS. The van der Waals surface area contributed by atoms with E-state index < -0.39 is 0 Å². The zero-order valence-electron chi connectivity index (χ0n) is 9.58. The molecule has 0 bridgehead atoms. The number of thioether (sulfide) groups is 1. The van der Waals surface area contributed by atoms with Crippen molar-refractivity contribution in [2.24, 2.45) is 5.92 Å². The Morgan fingerprint density at radius 2 is 2.27 bits per heavy atom. The molecule has 2 rings (SSSR count). The van der Waals surface area contributed by atoms with E-state index >= 15 is 0 Å². The van der Waals surface area contributed by atoms with Crippen molar-refractivity contribution in [3.63, 3.8) is 0 Å². The predicted octanol–water partition coefficient (Wildman–Crippen LogP) is 3.22. The molecule has 0 aromatic carbocycles. The van der Waals surface area contributed by atoms with E-state index in [1.54, 1.807) is 0 Å². The SMILES string of the molecule is C=CCCC(NCC1CCCS1)C1CC1. The minimum atomic E-state index is 0.782. The highest BCUT2D eigenvalue weighted by Gasteiger charge is 2.30. The van der Waals surface area contributed by atoms with Crippen LogP contribution in [-0.4, -0.2) is 23.6 Å². The van der Waals surface area contributed by atoms with Crippen LogP contribution in [0.25, 0.3) is 0 Å². The van der Waals surface area contributed by atoms with E-state index in [-0.39, 0.29) is 0 Å². The Labute approximate surface area is 98.1 Å². The van der Waals surface area contributed by atoms with Gasteiger partial charge in [-0.2, -0.15) is 11.8 Å². The molecule has 0 radical (unpaired) electrons. The van der Waals surface area contributed by atoms with Crippen LogP contribution in [0.1, 0.15) is 38.5 Å². The van der Waals surface area contributed by atoms with Crippen LogP contribution in [0.2, 0.25) is 0 Å². The molecule has 1 heterocycles. The van der Waals surface area contributed by atoms with Gasteiger partial charge in [-0.15, -0.1) is 6.58 Å². The van der Waals surface area contributed by atoms with E-state index in [1.807, 2.05) is 0 Å². The number of rotatable bonds is 7. The van der Waals surface area contributed by atoms with Gasteiger partial charge in [-0.05, 0) is 50.2 Å². The first kappa shape index (κ1) is 11.5. The molecule has 2 heteroatoms. The molecule has 1 nitrogen and oxygen atoms in total. The lowest BCUT2D eigenvalue weighted by Crippen LogP contribution is -2.35. The van der Waals surface area contributed by atoms with Crippen LogP contribution in [0.3, 0.4) is 0 Å². The van der Waals surface area contributed by atoms with Gasteiger partial charge in [-0.1, -0.05) is 6.08 Å². The van der Waals surface area contributed by atoms with Gasteiger partial charge in [0.05, 0.1) is 0 Å². The highest BCUT2D eigenvalue weighted by Crippen LogP contribution is 2.35. The average molecular weight is 225 g/mol. The van der Waals surface area contributed by atoms with Gasteiger partial charge in [-0.25, -0.2) is 0 Å². The van der Waals surface area contributed by atoms with Gasteiger partial charge < -0.3 is 5.32 Å². The third-order valence-electron chi connectivity index (χ3n) is 3.50. The molecule has 2 fully saturated rings. The van der Waals surface area contributed by atoms with Crippen molar-refractivity contribution in [3.8, 4) is 0 Å². The number of hydrogen-bond donors (Lipinski definition) is 1. The van der Waals surface area contributed by atoms with Crippen molar-refractivity contribution in [2.75, 3.05) is 12.3 Å². The third-order valence-corrected chi connectivity index (χ3v) is 4.90. The Morgan fingerprint density at radius 1 is 1.40 bits per heavy atom. The third kappa shape index (κ3) is 3.84. The summed E-state index contributed by atoms with van der Waals surface area (Å²) in [6.45, 7) is 5.06. The van der Waals surface area contributed by atoms with Crippen molar-refractivity contribution in [1.29, 1.82) is 0 Å². The van der Waals surface area contributed by atoms with Gasteiger partial charge in [0.1, 0.15) is 0 Å². The normalized spacial score (nSPS) is 27.9. The highest BCUT2D eigenvalue weighted by atomic mass is 32.2. The maximum atomic E-state index is 3.82. The molecule has 1 saturated heterocycles. The van der Waals surface area contributed by atoms with Crippen LogP contribution in [0.5, 0.6) is 0 Å². The summed E-state index contributed by atoms with van der Waals surface area (Å²) >= 11 is 2.16. The van der Waals surface area contributed by atoms with Gasteiger partial charge in [0.2, 0.25) is 0 Å². The summed E-state index contributed by atoms with van der Waals surface area (Å²) < 4.78 is 0. The largest absolute Gasteiger partial charge is 0.313 e. The maximum absolute atomic E-state index is 3.82. The molecule has 2 aliphatic rings. The maximum Gasteiger partial charge on any atom is 0.0172 e. The molecule has 1 aliphatic carbocycles. The Bertz CT molecular complexity index is 195. The molecule has 0 spiro atoms. The fourth-order valence-electron chi connectivity index (χ4n) is 2.39. The van der Waals surface area contributed by atoms with Gasteiger partial charge >= 0.3 is 0 Å². The molecule has 0 aromatic heterocycles. The van der Waals surface area contributed by atoms with Gasteiger partial charge in [0.25, 0.3) is 0 Å². The van der Waals surface area contributed by atoms with Crippen molar-refractivity contribution < 1.29 is 0 Å². The number of hydrogen-bond acceptors (Lipinski definition) is 2. The molecular weight excluding hydrogens is 202 g/mol. The number of allylic oxidation sites excluding steroid dienone is 1. The number of nitrogens with one attached hydrogen (secondary N) is 1. The molecule has 1 N–H and O–H groups in total. The summed E-state index contributed by atoms with van der Waals surface area (Å²) in [7, 11) is 0. The monoisotopic (exact) mass is 225 g/mol. The molecule has 0 aromatic rings. The van der Waals surface area contributed by atoms with E-state index in [4.69, 9.17) is 0 Å². The van der Waals surface area contributed by atoms with Gasteiger partial charge in [0, 0.05) is 17.8 Å². The Hall–Kier alpha value is 0.0500. The second-order valence-electron chi connectivity index (χ2n) is 4.85. The standard InChI is InChI=1S/C13H23NS/c1-2-3-6-13(11-7-8-11)14-10-12-5-4-9-15-12/h2,11-14H,1,3-10H2. The van der Waals surface area contributed by atoms with Crippen LogP contribution in [0.4, 0.5) is 0 Å². The summed E-state index contributed by atoms with van der Waals surface area (Å²) in [5.74, 6) is 2.36. The predicted molar refractivity (Wildman–Crippen MR) is 69.4 cm³/mol. The summed E-state index contributed by atoms with van der Waals surface area (Å²) in [4.78, 5) is 0. The molecule has 1 saturated carbocycles. The average Bonchev–Trinajstić information content (AvgIpc) is 2.95. The van der Waals surface area contributed by atoms with Crippen molar-refractivity contribution in [3.05, 3.63) is 12.7 Å². The Kier molecular flexibility index (Phi) is 4.58. The lowest BCUT2D eigenvalue weighted by Gasteiger charge is -2.19. The Balaban J connectivity index is 1.66. The van der Waals surface area contributed by atoms with Gasteiger partial charge in [0.15, 0.2) is 0 Å².